The lowest BCUT2D eigenvalue weighted by Gasteiger charge is -2.60. The number of rotatable bonds is 3. The number of H-pyrrole nitrogens is 1. The van der Waals surface area contributed by atoms with Crippen LogP contribution in [0.25, 0.3) is 0 Å². The van der Waals surface area contributed by atoms with Gasteiger partial charge in [0.15, 0.2) is 0 Å². The van der Waals surface area contributed by atoms with E-state index >= 15 is 0 Å². The molecule has 0 radical (unpaired) electrons. The standard InChI is InChI=1S/C14H19N3O3/c1-20-9-5-12(18)16-7-8(9)13(19)17-11-6-10(15)14(11)3-2-4-14/h5,7,10-11H,2-4,6,15H2,1H3,(H,16,18)(H,17,19). The lowest BCUT2D eigenvalue weighted by molar-refractivity contribution is -0.0390. The summed E-state index contributed by atoms with van der Waals surface area (Å²) in [6, 6.07) is 1.61. The maximum absolute atomic E-state index is 12.3. The number of pyridine rings is 1. The van der Waals surface area contributed by atoms with Crippen LogP contribution in [0.3, 0.4) is 0 Å². The first-order chi connectivity index (χ1) is 9.56. The topological polar surface area (TPSA) is 97.2 Å². The molecule has 1 amide bonds. The lowest BCUT2D eigenvalue weighted by atomic mass is 9.50. The van der Waals surface area contributed by atoms with E-state index in [0.717, 1.165) is 19.3 Å². The van der Waals surface area contributed by atoms with Gasteiger partial charge in [-0.05, 0) is 19.3 Å². The van der Waals surface area contributed by atoms with Crippen molar-refractivity contribution in [1.29, 1.82) is 0 Å². The molecule has 2 unspecified atom stereocenters. The molecule has 1 heterocycles. The van der Waals surface area contributed by atoms with E-state index in [1.807, 2.05) is 0 Å². The Labute approximate surface area is 116 Å². The molecule has 6 heteroatoms. The summed E-state index contributed by atoms with van der Waals surface area (Å²) in [6.07, 6.45) is 5.56. The van der Waals surface area contributed by atoms with Gasteiger partial charge in [0.1, 0.15) is 5.75 Å². The first-order valence-electron chi connectivity index (χ1n) is 6.90. The third-order valence-electron chi connectivity index (χ3n) is 4.86. The van der Waals surface area contributed by atoms with Crippen molar-refractivity contribution in [2.45, 2.75) is 37.8 Å². The fraction of sp³-hybridized carbons (Fsp3) is 0.571. The molecule has 2 aliphatic rings. The largest absolute Gasteiger partial charge is 0.496 e. The quantitative estimate of drug-likeness (QED) is 0.744. The molecule has 3 rings (SSSR count). The van der Waals surface area contributed by atoms with Crippen molar-refractivity contribution in [3.8, 4) is 5.75 Å². The van der Waals surface area contributed by atoms with E-state index in [2.05, 4.69) is 10.3 Å². The molecular weight excluding hydrogens is 258 g/mol. The van der Waals surface area contributed by atoms with Gasteiger partial charge in [-0.25, -0.2) is 0 Å². The second-order valence-corrected chi connectivity index (χ2v) is 5.73. The number of nitrogens with one attached hydrogen (secondary N) is 2. The first kappa shape index (κ1) is 13.2. The summed E-state index contributed by atoms with van der Waals surface area (Å²) in [5, 5.41) is 3.03. The minimum absolute atomic E-state index is 0.102. The fourth-order valence-corrected chi connectivity index (χ4v) is 3.36. The molecular formula is C14H19N3O3. The molecule has 1 spiro atoms. The number of nitrogens with two attached hydrogens (primary N) is 1. The molecule has 1 aromatic heterocycles. The van der Waals surface area contributed by atoms with Crippen molar-refractivity contribution in [2.24, 2.45) is 11.1 Å². The fourth-order valence-electron chi connectivity index (χ4n) is 3.36. The Hall–Kier alpha value is -1.82. The normalized spacial score (nSPS) is 26.5. The number of carbonyl (C=O) groups excluding carboxylic acids is 1. The number of aromatic nitrogens is 1. The minimum atomic E-state index is -0.292. The van der Waals surface area contributed by atoms with E-state index in [4.69, 9.17) is 10.5 Å². The summed E-state index contributed by atoms with van der Waals surface area (Å²) in [7, 11) is 1.44. The average Bonchev–Trinajstić information content (AvgIpc) is 2.35. The summed E-state index contributed by atoms with van der Waals surface area (Å²) in [4.78, 5) is 26.1. The van der Waals surface area contributed by atoms with Crippen LogP contribution in [-0.4, -0.2) is 30.1 Å². The molecule has 1 aromatic rings. The van der Waals surface area contributed by atoms with Crippen LogP contribution in [0.4, 0.5) is 0 Å². The number of methoxy groups -OCH3 is 1. The molecule has 0 aliphatic heterocycles. The average molecular weight is 277 g/mol. The van der Waals surface area contributed by atoms with E-state index in [-0.39, 0.29) is 34.7 Å². The minimum Gasteiger partial charge on any atom is -0.496 e. The van der Waals surface area contributed by atoms with Crippen LogP contribution in [0.5, 0.6) is 5.75 Å². The Kier molecular flexibility index (Phi) is 3.05. The number of hydrogen-bond donors (Lipinski definition) is 3. The highest BCUT2D eigenvalue weighted by Gasteiger charge is 2.57. The van der Waals surface area contributed by atoms with E-state index in [0.29, 0.717) is 5.56 Å². The third-order valence-corrected chi connectivity index (χ3v) is 4.86. The van der Waals surface area contributed by atoms with Crippen molar-refractivity contribution in [3.05, 3.63) is 28.2 Å². The van der Waals surface area contributed by atoms with E-state index in [9.17, 15) is 9.59 Å². The number of ether oxygens (including phenoxy) is 1. The SMILES string of the molecule is COc1cc(=O)[nH]cc1C(=O)NC1CC(N)C12CCC2. The van der Waals surface area contributed by atoms with Crippen LogP contribution in [0.15, 0.2) is 17.1 Å². The highest BCUT2D eigenvalue weighted by molar-refractivity contribution is 5.96. The van der Waals surface area contributed by atoms with E-state index in [1.165, 1.54) is 25.8 Å². The lowest BCUT2D eigenvalue weighted by Crippen LogP contribution is -2.69. The van der Waals surface area contributed by atoms with Crippen LogP contribution in [0, 0.1) is 5.41 Å². The van der Waals surface area contributed by atoms with Gasteiger partial charge < -0.3 is 20.8 Å². The molecule has 0 aromatic carbocycles. The Balaban J connectivity index is 1.76. The van der Waals surface area contributed by atoms with E-state index < -0.39 is 0 Å². The van der Waals surface area contributed by atoms with Gasteiger partial charge in [0, 0.05) is 29.8 Å². The number of aromatic amines is 1. The third kappa shape index (κ3) is 1.83. The Morgan fingerprint density at radius 2 is 2.30 bits per heavy atom. The van der Waals surface area contributed by atoms with Gasteiger partial charge in [0.2, 0.25) is 0 Å². The highest BCUT2D eigenvalue weighted by atomic mass is 16.5. The Bertz CT molecular complexity index is 592. The summed E-state index contributed by atoms with van der Waals surface area (Å²) in [5.41, 5.74) is 6.24. The number of hydrogen-bond acceptors (Lipinski definition) is 4. The van der Waals surface area contributed by atoms with Crippen LogP contribution >= 0.6 is 0 Å². The molecule has 0 bridgehead atoms. The van der Waals surface area contributed by atoms with Crippen molar-refractivity contribution in [1.82, 2.24) is 10.3 Å². The van der Waals surface area contributed by atoms with Gasteiger partial charge in [-0.3, -0.25) is 9.59 Å². The van der Waals surface area contributed by atoms with Gasteiger partial charge >= 0.3 is 0 Å². The molecule has 2 saturated carbocycles. The molecule has 2 fully saturated rings. The zero-order valence-electron chi connectivity index (χ0n) is 11.4. The molecule has 108 valence electrons. The monoisotopic (exact) mass is 277 g/mol. The van der Waals surface area contributed by atoms with Gasteiger partial charge in [-0.15, -0.1) is 0 Å². The van der Waals surface area contributed by atoms with Gasteiger partial charge in [0.25, 0.3) is 11.5 Å². The van der Waals surface area contributed by atoms with Gasteiger partial charge in [-0.1, -0.05) is 6.42 Å². The van der Waals surface area contributed by atoms with Gasteiger partial charge in [0.05, 0.1) is 12.7 Å². The predicted molar refractivity (Wildman–Crippen MR) is 73.7 cm³/mol. The van der Waals surface area contributed by atoms with E-state index in [1.54, 1.807) is 0 Å². The molecule has 2 aliphatic carbocycles. The second-order valence-electron chi connectivity index (χ2n) is 5.73. The Morgan fingerprint density at radius 1 is 1.55 bits per heavy atom. The summed E-state index contributed by atoms with van der Waals surface area (Å²) in [5.74, 6) is 0.0683. The van der Waals surface area contributed by atoms with Crippen LogP contribution in [0.1, 0.15) is 36.0 Å². The van der Waals surface area contributed by atoms with Crippen LogP contribution in [-0.2, 0) is 0 Å². The maximum Gasteiger partial charge on any atom is 0.256 e. The zero-order valence-corrected chi connectivity index (χ0v) is 11.4. The number of amides is 1. The van der Waals surface area contributed by atoms with Crippen molar-refractivity contribution in [2.75, 3.05) is 7.11 Å². The molecule has 4 N–H and O–H groups in total. The smallest absolute Gasteiger partial charge is 0.256 e. The Morgan fingerprint density at radius 3 is 2.85 bits per heavy atom. The zero-order chi connectivity index (χ0) is 14.3. The summed E-state index contributed by atoms with van der Waals surface area (Å²) >= 11 is 0. The second kappa shape index (κ2) is 4.63. The molecule has 2 atom stereocenters. The predicted octanol–water partition coefficient (Wildman–Crippen LogP) is 0.383. The van der Waals surface area contributed by atoms with Gasteiger partial charge in [-0.2, -0.15) is 0 Å². The molecule has 0 saturated heterocycles. The van der Waals surface area contributed by atoms with Crippen molar-refractivity contribution in [3.63, 3.8) is 0 Å². The van der Waals surface area contributed by atoms with Crippen molar-refractivity contribution < 1.29 is 9.53 Å². The first-order valence-corrected chi connectivity index (χ1v) is 6.90. The molecule has 20 heavy (non-hydrogen) atoms. The van der Waals surface area contributed by atoms with Crippen molar-refractivity contribution >= 4 is 5.91 Å². The highest BCUT2D eigenvalue weighted by Crippen LogP contribution is 2.55. The molecule has 6 nitrogen and oxygen atoms in total. The van der Waals surface area contributed by atoms with Crippen LogP contribution in [0.2, 0.25) is 0 Å². The number of carbonyl (C=O) groups is 1. The summed E-state index contributed by atoms with van der Waals surface area (Å²) < 4.78 is 5.09. The maximum atomic E-state index is 12.3. The van der Waals surface area contributed by atoms with Crippen LogP contribution < -0.4 is 21.3 Å². The summed E-state index contributed by atoms with van der Waals surface area (Å²) in [6.45, 7) is 0.